The van der Waals surface area contributed by atoms with E-state index in [1.54, 1.807) is 41.3 Å². The average molecular weight is 393 g/mol. The van der Waals surface area contributed by atoms with Gasteiger partial charge in [-0.15, -0.1) is 0 Å². The first-order valence-electron chi connectivity index (χ1n) is 9.84. The molecule has 1 unspecified atom stereocenters. The molecule has 2 aliphatic rings. The quantitative estimate of drug-likeness (QED) is 0.817. The molecule has 0 radical (unpaired) electrons. The molecule has 3 amide bonds. The summed E-state index contributed by atoms with van der Waals surface area (Å²) in [6.45, 7) is 1.33. The Morgan fingerprint density at radius 1 is 1.00 bits per heavy atom. The zero-order valence-corrected chi connectivity index (χ0v) is 16.0. The first-order valence-corrected chi connectivity index (χ1v) is 9.84. The summed E-state index contributed by atoms with van der Waals surface area (Å²) in [5.41, 5.74) is 2.47. The molecule has 150 valence electrons. The number of nitrogens with zero attached hydrogens (tertiary/aromatic N) is 1. The van der Waals surface area contributed by atoms with Gasteiger partial charge >= 0.3 is 0 Å². The minimum atomic E-state index is -0.423. The molecule has 2 saturated heterocycles. The molecule has 29 heavy (non-hydrogen) atoms. The summed E-state index contributed by atoms with van der Waals surface area (Å²) in [5, 5.41) is 5.65. The molecule has 2 N–H and O–H groups in total. The van der Waals surface area contributed by atoms with Crippen LogP contribution in [0.1, 0.15) is 36.0 Å². The van der Waals surface area contributed by atoms with Gasteiger partial charge < -0.3 is 20.3 Å². The summed E-state index contributed by atoms with van der Waals surface area (Å²) in [4.78, 5) is 38.4. The van der Waals surface area contributed by atoms with Gasteiger partial charge in [0, 0.05) is 42.2 Å². The van der Waals surface area contributed by atoms with E-state index in [4.69, 9.17) is 4.74 Å². The standard InChI is InChI=1S/C22H23N3O4/c26-20-7-2-12-25(20)18-10-8-16(9-11-18)23-21(27)15-4-1-5-17(14-15)24-22(28)19-6-3-13-29-19/h1,4-5,8-11,14,19H,2-3,6-7,12-13H2,(H,23,27)(H,24,28). The number of carbonyl (C=O) groups is 3. The Balaban J connectivity index is 1.39. The van der Waals surface area contributed by atoms with Crippen molar-refractivity contribution < 1.29 is 19.1 Å². The molecule has 2 aromatic carbocycles. The second-order valence-electron chi connectivity index (χ2n) is 7.22. The van der Waals surface area contributed by atoms with Crippen LogP contribution >= 0.6 is 0 Å². The number of hydrogen-bond donors (Lipinski definition) is 2. The minimum absolute atomic E-state index is 0.128. The summed E-state index contributed by atoms with van der Waals surface area (Å²) in [7, 11) is 0. The molecule has 0 aliphatic carbocycles. The van der Waals surface area contributed by atoms with E-state index in [0.29, 0.717) is 36.4 Å². The number of rotatable bonds is 5. The van der Waals surface area contributed by atoms with Gasteiger partial charge in [0.15, 0.2) is 0 Å². The van der Waals surface area contributed by atoms with E-state index in [1.807, 2.05) is 12.1 Å². The van der Waals surface area contributed by atoms with E-state index in [0.717, 1.165) is 25.1 Å². The van der Waals surface area contributed by atoms with E-state index >= 15 is 0 Å². The highest BCUT2D eigenvalue weighted by atomic mass is 16.5. The van der Waals surface area contributed by atoms with Gasteiger partial charge in [-0.05, 0) is 61.7 Å². The van der Waals surface area contributed by atoms with Crippen molar-refractivity contribution in [1.29, 1.82) is 0 Å². The summed E-state index contributed by atoms with van der Waals surface area (Å²) >= 11 is 0. The average Bonchev–Trinajstić information content (AvgIpc) is 3.41. The van der Waals surface area contributed by atoms with Crippen molar-refractivity contribution in [3.05, 3.63) is 54.1 Å². The molecular weight excluding hydrogens is 370 g/mol. The maximum atomic E-state index is 12.6. The number of amides is 3. The lowest BCUT2D eigenvalue weighted by Crippen LogP contribution is -2.27. The molecule has 7 heteroatoms. The van der Waals surface area contributed by atoms with Gasteiger partial charge in [-0.3, -0.25) is 14.4 Å². The lowest BCUT2D eigenvalue weighted by Gasteiger charge is -2.16. The lowest BCUT2D eigenvalue weighted by atomic mass is 10.1. The van der Waals surface area contributed by atoms with Crippen molar-refractivity contribution in [2.45, 2.75) is 31.8 Å². The van der Waals surface area contributed by atoms with Gasteiger partial charge in [-0.25, -0.2) is 0 Å². The molecule has 2 fully saturated rings. The number of nitrogens with one attached hydrogen (secondary N) is 2. The summed E-state index contributed by atoms with van der Waals surface area (Å²) in [6.07, 6.45) is 2.62. The van der Waals surface area contributed by atoms with Crippen LogP contribution in [0, 0.1) is 0 Å². The minimum Gasteiger partial charge on any atom is -0.368 e. The van der Waals surface area contributed by atoms with E-state index < -0.39 is 6.10 Å². The van der Waals surface area contributed by atoms with E-state index in [1.165, 1.54) is 0 Å². The number of anilines is 3. The Morgan fingerprint density at radius 2 is 1.83 bits per heavy atom. The second-order valence-corrected chi connectivity index (χ2v) is 7.22. The van der Waals surface area contributed by atoms with Crippen molar-refractivity contribution in [3.8, 4) is 0 Å². The highest BCUT2D eigenvalue weighted by molar-refractivity contribution is 6.05. The van der Waals surface area contributed by atoms with Gasteiger partial charge in [-0.2, -0.15) is 0 Å². The van der Waals surface area contributed by atoms with Crippen molar-refractivity contribution >= 4 is 34.8 Å². The van der Waals surface area contributed by atoms with Crippen molar-refractivity contribution in [1.82, 2.24) is 0 Å². The highest BCUT2D eigenvalue weighted by Crippen LogP contribution is 2.23. The summed E-state index contributed by atoms with van der Waals surface area (Å²) in [6, 6.07) is 14.0. The van der Waals surface area contributed by atoms with Crippen LogP contribution < -0.4 is 15.5 Å². The van der Waals surface area contributed by atoms with E-state index in [9.17, 15) is 14.4 Å². The molecule has 2 heterocycles. The number of benzene rings is 2. The van der Waals surface area contributed by atoms with Crippen LogP contribution in [0.3, 0.4) is 0 Å². The fourth-order valence-electron chi connectivity index (χ4n) is 3.59. The summed E-state index contributed by atoms with van der Waals surface area (Å²) in [5.74, 6) is -0.334. The third-order valence-electron chi connectivity index (χ3n) is 5.12. The zero-order chi connectivity index (χ0) is 20.2. The molecule has 0 spiro atoms. The first-order chi connectivity index (χ1) is 14.1. The Hall–Kier alpha value is -3.19. The predicted molar refractivity (Wildman–Crippen MR) is 110 cm³/mol. The maximum absolute atomic E-state index is 12.6. The van der Waals surface area contributed by atoms with Gasteiger partial charge in [0.25, 0.3) is 11.8 Å². The largest absolute Gasteiger partial charge is 0.368 e. The number of ether oxygens (including phenoxy) is 1. The normalized spacial score (nSPS) is 18.7. The molecular formula is C22H23N3O4. The van der Waals surface area contributed by atoms with Crippen LogP contribution in [0.25, 0.3) is 0 Å². The van der Waals surface area contributed by atoms with Crippen molar-refractivity contribution in [2.75, 3.05) is 28.7 Å². The molecule has 0 bridgehead atoms. The van der Waals surface area contributed by atoms with E-state index in [-0.39, 0.29) is 17.7 Å². The van der Waals surface area contributed by atoms with Gasteiger partial charge in [0.1, 0.15) is 6.10 Å². The second kappa shape index (κ2) is 8.45. The molecule has 2 aromatic rings. The highest BCUT2D eigenvalue weighted by Gasteiger charge is 2.24. The monoisotopic (exact) mass is 393 g/mol. The van der Waals surface area contributed by atoms with Crippen LogP contribution in [-0.4, -0.2) is 37.0 Å². The SMILES string of the molecule is O=C(Nc1ccc(N2CCCC2=O)cc1)c1cccc(NC(=O)C2CCCO2)c1. The molecule has 0 saturated carbocycles. The van der Waals surface area contributed by atoms with Crippen molar-refractivity contribution in [2.24, 2.45) is 0 Å². The van der Waals surface area contributed by atoms with Crippen LogP contribution in [-0.2, 0) is 14.3 Å². The fraction of sp³-hybridized carbons (Fsp3) is 0.318. The molecule has 7 nitrogen and oxygen atoms in total. The number of carbonyl (C=O) groups excluding carboxylic acids is 3. The third-order valence-corrected chi connectivity index (χ3v) is 5.12. The maximum Gasteiger partial charge on any atom is 0.255 e. The third kappa shape index (κ3) is 4.46. The van der Waals surface area contributed by atoms with Crippen molar-refractivity contribution in [3.63, 3.8) is 0 Å². The Morgan fingerprint density at radius 3 is 2.52 bits per heavy atom. The first kappa shape index (κ1) is 19.1. The number of hydrogen-bond acceptors (Lipinski definition) is 4. The van der Waals surface area contributed by atoms with Crippen LogP contribution in [0.5, 0.6) is 0 Å². The van der Waals surface area contributed by atoms with Gasteiger partial charge in [0.2, 0.25) is 5.91 Å². The summed E-state index contributed by atoms with van der Waals surface area (Å²) < 4.78 is 5.38. The van der Waals surface area contributed by atoms with Crippen LogP contribution in [0.15, 0.2) is 48.5 Å². The van der Waals surface area contributed by atoms with Crippen LogP contribution in [0.4, 0.5) is 17.1 Å². The Bertz CT molecular complexity index is 920. The lowest BCUT2D eigenvalue weighted by molar-refractivity contribution is -0.124. The van der Waals surface area contributed by atoms with E-state index in [2.05, 4.69) is 10.6 Å². The fourth-order valence-corrected chi connectivity index (χ4v) is 3.59. The molecule has 1 atom stereocenters. The molecule has 0 aromatic heterocycles. The smallest absolute Gasteiger partial charge is 0.255 e. The van der Waals surface area contributed by atoms with Gasteiger partial charge in [-0.1, -0.05) is 6.07 Å². The predicted octanol–water partition coefficient (Wildman–Crippen LogP) is 3.18. The Labute approximate surface area is 169 Å². The topological polar surface area (TPSA) is 87.7 Å². The van der Waals surface area contributed by atoms with Crippen LogP contribution in [0.2, 0.25) is 0 Å². The molecule has 2 aliphatic heterocycles. The Kier molecular flexibility index (Phi) is 5.57. The molecule has 4 rings (SSSR count). The van der Waals surface area contributed by atoms with Gasteiger partial charge in [0.05, 0.1) is 0 Å². The zero-order valence-electron chi connectivity index (χ0n) is 16.0.